The SMILES string of the molecule is C#CCN(C)C/C=C/C(=O)N1CCN(C(=O)Cn2c(-c3scnc3C)nc3ccccc32)[C@H](C)C1. The summed E-state index contributed by atoms with van der Waals surface area (Å²) in [5.41, 5.74) is 4.48. The minimum atomic E-state index is -0.0823. The number of aromatic nitrogens is 3. The van der Waals surface area contributed by atoms with Crippen LogP contribution in [0.15, 0.2) is 41.9 Å². The molecule has 1 saturated heterocycles. The molecule has 1 fully saturated rings. The summed E-state index contributed by atoms with van der Waals surface area (Å²) in [6, 6.07) is 7.77. The molecule has 9 heteroatoms. The predicted octanol–water partition coefficient (Wildman–Crippen LogP) is 2.65. The Morgan fingerprint density at radius 1 is 1.31 bits per heavy atom. The minimum Gasteiger partial charge on any atom is -0.335 e. The topological polar surface area (TPSA) is 74.6 Å². The Kier molecular flexibility index (Phi) is 7.63. The first-order valence-corrected chi connectivity index (χ1v) is 12.5. The highest BCUT2D eigenvalue weighted by Crippen LogP contribution is 2.30. The molecule has 0 aliphatic carbocycles. The highest BCUT2D eigenvalue weighted by molar-refractivity contribution is 7.13. The third-order valence-corrected chi connectivity index (χ3v) is 7.12. The molecule has 3 aromatic rings. The van der Waals surface area contributed by atoms with E-state index < -0.39 is 0 Å². The van der Waals surface area contributed by atoms with E-state index in [1.807, 2.05) is 65.6 Å². The summed E-state index contributed by atoms with van der Waals surface area (Å²) in [4.78, 5) is 41.8. The van der Waals surface area contributed by atoms with Crippen molar-refractivity contribution < 1.29 is 9.59 Å². The first-order chi connectivity index (χ1) is 16.9. The van der Waals surface area contributed by atoms with Crippen molar-refractivity contribution in [3.63, 3.8) is 0 Å². The van der Waals surface area contributed by atoms with Crippen LogP contribution in [0.4, 0.5) is 0 Å². The van der Waals surface area contributed by atoms with E-state index in [2.05, 4.69) is 10.9 Å². The van der Waals surface area contributed by atoms with Gasteiger partial charge in [0.2, 0.25) is 11.8 Å². The number of terminal acetylenes is 1. The van der Waals surface area contributed by atoms with E-state index in [0.717, 1.165) is 27.4 Å². The van der Waals surface area contributed by atoms with Gasteiger partial charge in [-0.25, -0.2) is 9.97 Å². The molecule has 35 heavy (non-hydrogen) atoms. The number of likely N-dealkylation sites (N-methyl/N-ethyl adjacent to an activating group) is 1. The molecule has 1 aromatic carbocycles. The molecule has 8 nitrogen and oxygen atoms in total. The fourth-order valence-electron chi connectivity index (χ4n) is 4.34. The summed E-state index contributed by atoms with van der Waals surface area (Å²) < 4.78 is 1.98. The van der Waals surface area contributed by atoms with Gasteiger partial charge in [0.1, 0.15) is 6.54 Å². The van der Waals surface area contributed by atoms with Crippen LogP contribution in [0.2, 0.25) is 0 Å². The van der Waals surface area contributed by atoms with Gasteiger partial charge in [-0.05, 0) is 33.0 Å². The van der Waals surface area contributed by atoms with E-state index in [4.69, 9.17) is 11.4 Å². The van der Waals surface area contributed by atoms with E-state index >= 15 is 0 Å². The van der Waals surface area contributed by atoms with Crippen LogP contribution in [0.25, 0.3) is 21.7 Å². The number of benzene rings is 1. The average Bonchev–Trinajstić information content (AvgIpc) is 3.42. The number of rotatable bonds is 7. The number of hydrogen-bond acceptors (Lipinski definition) is 6. The zero-order valence-electron chi connectivity index (χ0n) is 20.3. The maximum Gasteiger partial charge on any atom is 0.246 e. The number of piperazine rings is 1. The molecular formula is C26H30N6O2S. The molecule has 0 bridgehead atoms. The molecule has 182 valence electrons. The molecule has 0 radical (unpaired) electrons. The zero-order valence-corrected chi connectivity index (χ0v) is 21.2. The van der Waals surface area contributed by atoms with Gasteiger partial charge in [0.05, 0.1) is 33.7 Å². The number of hydrogen-bond donors (Lipinski definition) is 0. The largest absolute Gasteiger partial charge is 0.335 e. The minimum absolute atomic E-state index is 0.0163. The van der Waals surface area contributed by atoms with Crippen molar-refractivity contribution in [1.82, 2.24) is 29.2 Å². The van der Waals surface area contributed by atoms with Crippen LogP contribution in [0, 0.1) is 19.3 Å². The van der Waals surface area contributed by atoms with Crippen LogP contribution >= 0.6 is 11.3 Å². The molecule has 3 heterocycles. The Bertz CT molecular complexity index is 1290. The Morgan fingerprint density at radius 2 is 2.11 bits per heavy atom. The van der Waals surface area contributed by atoms with Crippen molar-refractivity contribution in [2.45, 2.75) is 26.4 Å². The monoisotopic (exact) mass is 490 g/mol. The molecule has 0 unspecified atom stereocenters. The molecule has 0 N–H and O–H groups in total. The second kappa shape index (κ2) is 10.8. The third-order valence-electron chi connectivity index (χ3n) is 6.19. The van der Waals surface area contributed by atoms with Gasteiger partial charge in [0.15, 0.2) is 5.82 Å². The van der Waals surface area contributed by atoms with Crippen LogP contribution in [-0.4, -0.2) is 86.9 Å². The van der Waals surface area contributed by atoms with Crippen molar-refractivity contribution >= 4 is 34.2 Å². The fraction of sp³-hybridized carbons (Fsp3) is 0.385. The van der Waals surface area contributed by atoms with E-state index in [9.17, 15) is 9.59 Å². The Hall–Kier alpha value is -3.48. The number of thiazole rings is 1. The van der Waals surface area contributed by atoms with Gasteiger partial charge in [0, 0.05) is 38.3 Å². The van der Waals surface area contributed by atoms with Crippen molar-refractivity contribution in [1.29, 1.82) is 0 Å². The normalized spacial score (nSPS) is 16.4. The summed E-state index contributed by atoms with van der Waals surface area (Å²) >= 11 is 1.53. The second-order valence-electron chi connectivity index (χ2n) is 8.80. The summed E-state index contributed by atoms with van der Waals surface area (Å²) in [6.45, 7) is 6.78. The van der Waals surface area contributed by atoms with Gasteiger partial charge < -0.3 is 14.4 Å². The van der Waals surface area contributed by atoms with E-state index in [-0.39, 0.29) is 24.4 Å². The molecule has 0 spiro atoms. The average molecular weight is 491 g/mol. The van der Waals surface area contributed by atoms with Crippen LogP contribution < -0.4 is 0 Å². The van der Waals surface area contributed by atoms with Crippen molar-refractivity contribution in [2.24, 2.45) is 0 Å². The molecule has 2 amide bonds. The van der Waals surface area contributed by atoms with Gasteiger partial charge in [-0.3, -0.25) is 14.5 Å². The number of fused-ring (bicyclic) bond motifs is 1. The summed E-state index contributed by atoms with van der Waals surface area (Å²) in [5.74, 6) is 3.32. The Labute approximate surface area is 209 Å². The van der Waals surface area contributed by atoms with Crippen molar-refractivity contribution in [3.8, 4) is 23.0 Å². The first kappa shape index (κ1) is 24.6. The quantitative estimate of drug-likeness (QED) is 0.376. The molecule has 4 rings (SSSR count). The smallest absolute Gasteiger partial charge is 0.246 e. The lowest BCUT2D eigenvalue weighted by Crippen LogP contribution is -2.55. The number of nitrogens with zero attached hydrogens (tertiary/aromatic N) is 6. The second-order valence-corrected chi connectivity index (χ2v) is 9.66. The fourth-order valence-corrected chi connectivity index (χ4v) is 5.14. The lowest BCUT2D eigenvalue weighted by molar-refractivity contribution is -0.140. The van der Waals surface area contributed by atoms with E-state index in [0.29, 0.717) is 32.7 Å². The highest BCUT2D eigenvalue weighted by atomic mass is 32.1. The Balaban J connectivity index is 1.45. The van der Waals surface area contributed by atoms with Crippen molar-refractivity contribution in [3.05, 3.63) is 47.6 Å². The van der Waals surface area contributed by atoms with Crippen molar-refractivity contribution in [2.75, 3.05) is 39.8 Å². The van der Waals surface area contributed by atoms with Gasteiger partial charge in [-0.1, -0.05) is 24.1 Å². The van der Waals surface area contributed by atoms with Gasteiger partial charge >= 0.3 is 0 Å². The number of carbonyl (C=O) groups is 2. The van der Waals surface area contributed by atoms with Gasteiger partial charge in [0.25, 0.3) is 0 Å². The predicted molar refractivity (Wildman–Crippen MR) is 139 cm³/mol. The first-order valence-electron chi connectivity index (χ1n) is 11.6. The van der Waals surface area contributed by atoms with E-state index in [1.54, 1.807) is 16.5 Å². The molecule has 1 atom stereocenters. The maximum absolute atomic E-state index is 13.4. The maximum atomic E-state index is 13.4. The molecule has 0 saturated carbocycles. The van der Waals surface area contributed by atoms with E-state index in [1.165, 1.54) is 11.3 Å². The number of carbonyl (C=O) groups excluding carboxylic acids is 2. The number of amides is 2. The number of aryl methyl sites for hydroxylation is 1. The van der Waals surface area contributed by atoms with Gasteiger partial charge in [-0.2, -0.15) is 0 Å². The molecule has 1 aliphatic heterocycles. The summed E-state index contributed by atoms with van der Waals surface area (Å²) in [5, 5.41) is 0. The van der Waals surface area contributed by atoms with Crippen LogP contribution in [0.5, 0.6) is 0 Å². The standard InChI is InChI=1S/C26H30N6O2S/c1-5-12-29(4)13-8-11-23(33)30-14-15-31(19(2)16-30)24(34)17-32-22-10-7-6-9-21(22)28-26(32)25-20(3)27-18-35-25/h1,6-11,18-19H,12-17H2,2-4H3/b11-8+/t19-/m1/s1. The van der Waals surface area contributed by atoms with Crippen LogP contribution in [0.1, 0.15) is 12.6 Å². The Morgan fingerprint density at radius 3 is 2.83 bits per heavy atom. The highest BCUT2D eigenvalue weighted by Gasteiger charge is 2.30. The van der Waals surface area contributed by atoms with Gasteiger partial charge in [-0.15, -0.1) is 17.8 Å². The third kappa shape index (κ3) is 5.45. The summed E-state index contributed by atoms with van der Waals surface area (Å²) in [7, 11) is 1.91. The lowest BCUT2D eigenvalue weighted by atomic mass is 10.1. The molecular weight excluding hydrogens is 460 g/mol. The van der Waals surface area contributed by atoms with Crippen LogP contribution in [0.3, 0.4) is 0 Å². The number of imidazole rings is 1. The molecule has 1 aliphatic rings. The zero-order chi connectivity index (χ0) is 24.9. The van der Waals surface area contributed by atoms with Crippen LogP contribution in [-0.2, 0) is 16.1 Å². The lowest BCUT2D eigenvalue weighted by Gasteiger charge is -2.39. The summed E-state index contributed by atoms with van der Waals surface area (Å²) in [6.07, 6.45) is 8.73. The number of para-hydroxylation sites is 2. The molecule has 2 aromatic heterocycles.